The molecule has 2 aromatic rings. The Bertz CT molecular complexity index is 569. The topological polar surface area (TPSA) is 65.7 Å². The molecule has 0 saturated carbocycles. The molecule has 19 heavy (non-hydrogen) atoms. The number of nitrogens with zero attached hydrogens (tertiary/aromatic N) is 5. The van der Waals surface area contributed by atoms with E-state index in [4.69, 9.17) is 16.3 Å². The van der Waals surface area contributed by atoms with Gasteiger partial charge in [0.05, 0.1) is 12.3 Å². The van der Waals surface area contributed by atoms with E-state index in [1.54, 1.807) is 4.68 Å². The van der Waals surface area contributed by atoms with Crippen molar-refractivity contribution in [3.05, 3.63) is 22.7 Å². The second-order valence-electron chi connectivity index (χ2n) is 3.87. The first-order valence-corrected chi connectivity index (χ1v) is 6.68. The van der Waals surface area contributed by atoms with E-state index in [-0.39, 0.29) is 11.3 Å². The maximum atomic E-state index is 5.89. The molecule has 0 aliphatic carbocycles. The third kappa shape index (κ3) is 3.01. The summed E-state index contributed by atoms with van der Waals surface area (Å²) in [5, 5.41) is 4.56. The van der Waals surface area contributed by atoms with E-state index in [2.05, 4.69) is 33.9 Å². The van der Waals surface area contributed by atoms with Crippen LogP contribution in [0.4, 0.5) is 0 Å². The highest BCUT2D eigenvalue weighted by Gasteiger charge is 2.13. The van der Waals surface area contributed by atoms with Gasteiger partial charge in [0.15, 0.2) is 0 Å². The molecule has 6 nitrogen and oxygen atoms in total. The van der Waals surface area contributed by atoms with Gasteiger partial charge in [-0.1, -0.05) is 13.8 Å². The lowest BCUT2D eigenvalue weighted by Crippen LogP contribution is -2.10. The Morgan fingerprint density at radius 1 is 1.16 bits per heavy atom. The SMILES string of the molecule is CCOc1nc(Cl)nc(-n2nc(CC)cc2CC)n1. The average molecular weight is 282 g/mol. The summed E-state index contributed by atoms with van der Waals surface area (Å²) in [4.78, 5) is 12.2. The molecule has 0 unspecified atom stereocenters. The highest BCUT2D eigenvalue weighted by Crippen LogP contribution is 2.15. The molecule has 0 aliphatic rings. The number of hydrogen-bond donors (Lipinski definition) is 0. The fourth-order valence-corrected chi connectivity index (χ4v) is 1.83. The summed E-state index contributed by atoms with van der Waals surface area (Å²) in [7, 11) is 0. The fourth-order valence-electron chi connectivity index (χ4n) is 1.68. The number of ether oxygens (including phenoxy) is 1. The molecule has 0 fully saturated rings. The highest BCUT2D eigenvalue weighted by atomic mass is 35.5. The summed E-state index contributed by atoms with van der Waals surface area (Å²) >= 11 is 5.89. The molecular formula is C12H16ClN5O. The summed E-state index contributed by atoms with van der Waals surface area (Å²) < 4.78 is 6.96. The molecule has 2 aromatic heterocycles. The van der Waals surface area contributed by atoms with Crippen molar-refractivity contribution in [3.63, 3.8) is 0 Å². The zero-order valence-corrected chi connectivity index (χ0v) is 12.0. The quantitative estimate of drug-likeness (QED) is 0.841. The van der Waals surface area contributed by atoms with Crippen molar-refractivity contribution >= 4 is 11.6 Å². The molecule has 0 aromatic carbocycles. The van der Waals surface area contributed by atoms with Gasteiger partial charge in [-0.05, 0) is 37.4 Å². The number of aromatic nitrogens is 5. The number of hydrogen-bond acceptors (Lipinski definition) is 5. The van der Waals surface area contributed by atoms with E-state index in [0.717, 1.165) is 24.2 Å². The summed E-state index contributed by atoms with van der Waals surface area (Å²) in [5.74, 6) is 0.389. The Morgan fingerprint density at radius 2 is 1.95 bits per heavy atom. The van der Waals surface area contributed by atoms with Crippen LogP contribution in [0.5, 0.6) is 6.01 Å². The van der Waals surface area contributed by atoms with Crippen molar-refractivity contribution in [2.24, 2.45) is 0 Å². The van der Waals surface area contributed by atoms with E-state index < -0.39 is 0 Å². The zero-order chi connectivity index (χ0) is 13.8. The minimum Gasteiger partial charge on any atom is -0.464 e. The maximum Gasteiger partial charge on any atom is 0.322 e. The summed E-state index contributed by atoms with van der Waals surface area (Å²) in [6, 6.07) is 2.26. The lowest BCUT2D eigenvalue weighted by molar-refractivity contribution is 0.310. The zero-order valence-electron chi connectivity index (χ0n) is 11.2. The maximum absolute atomic E-state index is 5.89. The lowest BCUT2D eigenvalue weighted by Gasteiger charge is -2.06. The first kappa shape index (κ1) is 13.7. The van der Waals surface area contributed by atoms with Gasteiger partial charge in [0, 0.05) is 5.69 Å². The monoisotopic (exact) mass is 281 g/mol. The van der Waals surface area contributed by atoms with E-state index in [1.165, 1.54) is 0 Å². The Morgan fingerprint density at radius 3 is 2.58 bits per heavy atom. The Balaban J connectivity index is 2.48. The molecule has 0 amide bonds. The van der Waals surface area contributed by atoms with Crippen LogP contribution in [0.3, 0.4) is 0 Å². The normalized spacial score (nSPS) is 10.7. The van der Waals surface area contributed by atoms with E-state index in [9.17, 15) is 0 Å². The van der Waals surface area contributed by atoms with Gasteiger partial charge in [-0.2, -0.15) is 20.1 Å². The molecule has 0 radical (unpaired) electrons. The van der Waals surface area contributed by atoms with Crippen molar-refractivity contribution in [1.82, 2.24) is 24.7 Å². The summed E-state index contributed by atoms with van der Waals surface area (Å²) in [6.07, 6.45) is 1.69. The second-order valence-corrected chi connectivity index (χ2v) is 4.20. The van der Waals surface area contributed by atoms with Crippen LogP contribution in [-0.4, -0.2) is 31.3 Å². The van der Waals surface area contributed by atoms with E-state index >= 15 is 0 Å². The van der Waals surface area contributed by atoms with Crippen LogP contribution in [0.25, 0.3) is 5.95 Å². The van der Waals surface area contributed by atoms with Gasteiger partial charge in [-0.3, -0.25) is 0 Å². The van der Waals surface area contributed by atoms with Crippen LogP contribution in [-0.2, 0) is 12.8 Å². The minimum atomic E-state index is 0.101. The van der Waals surface area contributed by atoms with Crippen molar-refractivity contribution < 1.29 is 4.74 Å². The Labute approximate surface area is 116 Å². The smallest absolute Gasteiger partial charge is 0.322 e. The van der Waals surface area contributed by atoms with Crippen LogP contribution in [0.2, 0.25) is 5.28 Å². The fraction of sp³-hybridized carbons (Fsp3) is 0.500. The molecule has 7 heteroatoms. The molecule has 0 atom stereocenters. The van der Waals surface area contributed by atoms with Crippen molar-refractivity contribution in [2.75, 3.05) is 6.61 Å². The van der Waals surface area contributed by atoms with Crippen LogP contribution in [0.1, 0.15) is 32.2 Å². The van der Waals surface area contributed by atoms with E-state index in [1.807, 2.05) is 13.0 Å². The number of aryl methyl sites for hydroxylation is 2. The third-order valence-electron chi connectivity index (χ3n) is 2.60. The molecule has 0 saturated heterocycles. The molecule has 102 valence electrons. The lowest BCUT2D eigenvalue weighted by atomic mass is 10.3. The van der Waals surface area contributed by atoms with Gasteiger partial charge in [-0.15, -0.1) is 0 Å². The Kier molecular flexibility index (Phi) is 4.31. The van der Waals surface area contributed by atoms with E-state index in [0.29, 0.717) is 12.6 Å². The van der Waals surface area contributed by atoms with Crippen molar-refractivity contribution in [3.8, 4) is 12.0 Å². The van der Waals surface area contributed by atoms with Gasteiger partial charge >= 0.3 is 6.01 Å². The van der Waals surface area contributed by atoms with Crippen LogP contribution < -0.4 is 4.74 Å². The Hall–Kier alpha value is -1.69. The molecular weight excluding hydrogens is 266 g/mol. The van der Waals surface area contributed by atoms with Crippen LogP contribution in [0.15, 0.2) is 6.07 Å². The third-order valence-corrected chi connectivity index (χ3v) is 2.77. The molecule has 0 N–H and O–H groups in total. The number of rotatable bonds is 5. The first-order chi connectivity index (χ1) is 9.17. The van der Waals surface area contributed by atoms with Crippen LogP contribution in [0, 0.1) is 0 Å². The minimum absolute atomic E-state index is 0.101. The predicted molar refractivity (Wildman–Crippen MR) is 71.9 cm³/mol. The summed E-state index contributed by atoms with van der Waals surface area (Å²) in [5.41, 5.74) is 2.02. The van der Waals surface area contributed by atoms with Crippen molar-refractivity contribution in [1.29, 1.82) is 0 Å². The van der Waals surface area contributed by atoms with Gasteiger partial charge in [0.1, 0.15) is 0 Å². The standard InChI is InChI=1S/C12H16ClN5O/c1-4-8-7-9(5-2)18(17-8)11-14-10(13)15-12(16-11)19-6-3/h7H,4-6H2,1-3H3. The highest BCUT2D eigenvalue weighted by molar-refractivity contribution is 6.28. The van der Waals surface area contributed by atoms with Gasteiger partial charge in [0.2, 0.25) is 5.28 Å². The second kappa shape index (κ2) is 5.97. The molecule has 2 heterocycles. The van der Waals surface area contributed by atoms with Gasteiger partial charge < -0.3 is 4.74 Å². The molecule has 2 rings (SSSR count). The van der Waals surface area contributed by atoms with Crippen molar-refractivity contribution in [2.45, 2.75) is 33.6 Å². The van der Waals surface area contributed by atoms with Gasteiger partial charge in [0.25, 0.3) is 5.95 Å². The first-order valence-electron chi connectivity index (χ1n) is 6.30. The average Bonchev–Trinajstić information content (AvgIpc) is 2.81. The van der Waals surface area contributed by atoms with Gasteiger partial charge in [-0.25, -0.2) is 4.68 Å². The summed E-state index contributed by atoms with van der Waals surface area (Å²) in [6.45, 7) is 6.44. The van der Waals surface area contributed by atoms with Crippen LogP contribution >= 0.6 is 11.6 Å². The predicted octanol–water partition coefficient (Wildman–Crippen LogP) is 2.23. The molecule has 0 aliphatic heterocycles. The molecule has 0 spiro atoms. The molecule has 0 bridgehead atoms. The number of halogens is 1. The largest absolute Gasteiger partial charge is 0.464 e.